The molecule has 0 heterocycles. The van der Waals surface area contributed by atoms with E-state index < -0.39 is 0 Å². The van der Waals surface area contributed by atoms with Crippen molar-refractivity contribution >= 4 is 40.7 Å². The first-order valence-electron chi connectivity index (χ1n) is 8.54. The molecule has 0 saturated heterocycles. The molecule has 0 bridgehead atoms. The van der Waals surface area contributed by atoms with Crippen molar-refractivity contribution in [2.45, 2.75) is 39.2 Å². The molecule has 26 heavy (non-hydrogen) atoms. The number of para-hydroxylation sites is 1. The Morgan fingerprint density at radius 1 is 1.12 bits per heavy atom. The van der Waals surface area contributed by atoms with Gasteiger partial charge in [-0.2, -0.15) is 0 Å². The molecule has 2 N–H and O–H groups in total. The Morgan fingerprint density at radius 3 is 2.54 bits per heavy atom. The van der Waals surface area contributed by atoms with Crippen LogP contribution in [0.1, 0.15) is 42.6 Å². The molecule has 6 heteroatoms. The first-order valence-corrected chi connectivity index (χ1v) is 9.30. The van der Waals surface area contributed by atoms with E-state index in [2.05, 4.69) is 10.6 Å². The zero-order chi connectivity index (χ0) is 19.1. The Balaban J connectivity index is 2.01. The smallest absolute Gasteiger partial charge is 0.253 e. The molecule has 0 unspecified atom stereocenters. The van der Waals surface area contributed by atoms with E-state index in [1.54, 1.807) is 36.4 Å². The van der Waals surface area contributed by atoms with Gasteiger partial charge in [0.05, 0.1) is 11.3 Å². The first kappa shape index (κ1) is 20.3. The number of carbonyl (C=O) groups is 2. The van der Waals surface area contributed by atoms with Crippen LogP contribution in [0.4, 0.5) is 5.69 Å². The number of benzene rings is 2. The molecule has 2 amide bonds. The number of nitrogens with one attached hydrogen (secondary N) is 2. The van der Waals surface area contributed by atoms with Crippen molar-refractivity contribution in [2.24, 2.45) is 0 Å². The third kappa shape index (κ3) is 5.75. The predicted octanol–water partition coefficient (Wildman–Crippen LogP) is 5.09. The van der Waals surface area contributed by atoms with Gasteiger partial charge in [0.2, 0.25) is 5.91 Å². The summed E-state index contributed by atoms with van der Waals surface area (Å²) < 4.78 is 0. The van der Waals surface area contributed by atoms with Gasteiger partial charge in [-0.1, -0.05) is 48.3 Å². The maximum Gasteiger partial charge on any atom is 0.253 e. The lowest BCUT2D eigenvalue weighted by Crippen LogP contribution is -2.32. The van der Waals surface area contributed by atoms with Crippen molar-refractivity contribution in [1.29, 1.82) is 0 Å². The van der Waals surface area contributed by atoms with Gasteiger partial charge in [0.25, 0.3) is 5.91 Å². The number of hydrogen-bond donors (Lipinski definition) is 2. The monoisotopic (exact) mass is 392 g/mol. The number of aryl methyl sites for hydroxylation is 1. The highest BCUT2D eigenvalue weighted by atomic mass is 35.5. The summed E-state index contributed by atoms with van der Waals surface area (Å²) >= 11 is 12.0. The fraction of sp³-hybridized carbons (Fsp3) is 0.300. The van der Waals surface area contributed by atoms with Crippen LogP contribution in [0.2, 0.25) is 10.0 Å². The summed E-state index contributed by atoms with van der Waals surface area (Å²) in [6, 6.07) is 12.3. The minimum absolute atomic E-state index is 0.0679. The van der Waals surface area contributed by atoms with Gasteiger partial charge < -0.3 is 10.6 Å². The predicted molar refractivity (Wildman–Crippen MR) is 107 cm³/mol. The molecule has 0 aliphatic rings. The van der Waals surface area contributed by atoms with Crippen LogP contribution in [0.25, 0.3) is 0 Å². The zero-order valence-corrected chi connectivity index (χ0v) is 16.3. The molecule has 2 aromatic rings. The fourth-order valence-electron chi connectivity index (χ4n) is 2.38. The number of rotatable bonds is 7. The number of hydrogen-bond acceptors (Lipinski definition) is 2. The Morgan fingerprint density at radius 2 is 1.85 bits per heavy atom. The lowest BCUT2D eigenvalue weighted by atomic mass is 10.1. The largest absolute Gasteiger partial charge is 0.350 e. The summed E-state index contributed by atoms with van der Waals surface area (Å²) in [4.78, 5) is 24.7. The second-order valence-electron chi connectivity index (χ2n) is 6.11. The summed E-state index contributed by atoms with van der Waals surface area (Å²) in [6.07, 6.45) is 1.58. The van der Waals surface area contributed by atoms with Crippen molar-refractivity contribution in [2.75, 3.05) is 5.32 Å². The van der Waals surface area contributed by atoms with E-state index in [0.717, 1.165) is 12.0 Å². The first-order chi connectivity index (χ1) is 12.4. The number of amides is 2. The highest BCUT2D eigenvalue weighted by molar-refractivity contribution is 6.35. The van der Waals surface area contributed by atoms with Gasteiger partial charge in [0.1, 0.15) is 0 Å². The van der Waals surface area contributed by atoms with Crippen molar-refractivity contribution < 1.29 is 9.59 Å². The minimum Gasteiger partial charge on any atom is -0.350 e. The molecule has 1 atom stereocenters. The molecule has 138 valence electrons. The van der Waals surface area contributed by atoms with E-state index in [1.165, 1.54) is 0 Å². The van der Waals surface area contributed by atoms with E-state index in [-0.39, 0.29) is 24.3 Å². The van der Waals surface area contributed by atoms with Crippen LogP contribution in [-0.4, -0.2) is 17.9 Å². The van der Waals surface area contributed by atoms with Gasteiger partial charge in [0, 0.05) is 22.5 Å². The molecule has 0 aliphatic carbocycles. The summed E-state index contributed by atoms with van der Waals surface area (Å²) in [6.45, 7) is 3.94. The topological polar surface area (TPSA) is 58.2 Å². The molecule has 0 fully saturated rings. The lowest BCUT2D eigenvalue weighted by Gasteiger charge is -2.14. The average Bonchev–Trinajstić information content (AvgIpc) is 2.61. The van der Waals surface area contributed by atoms with Crippen LogP contribution in [0.3, 0.4) is 0 Å². The van der Waals surface area contributed by atoms with Gasteiger partial charge in [-0.25, -0.2) is 0 Å². The van der Waals surface area contributed by atoms with E-state index in [1.807, 2.05) is 19.9 Å². The van der Waals surface area contributed by atoms with Crippen molar-refractivity contribution in [3.05, 3.63) is 63.6 Å². The van der Waals surface area contributed by atoms with E-state index in [9.17, 15) is 9.59 Å². The number of anilines is 1. The van der Waals surface area contributed by atoms with E-state index in [0.29, 0.717) is 27.7 Å². The molecule has 0 saturated carbocycles. The quantitative estimate of drug-likeness (QED) is 0.688. The average molecular weight is 393 g/mol. The Hall–Kier alpha value is -2.04. The molecular formula is C20H22Cl2N2O2. The van der Waals surface area contributed by atoms with Crippen LogP contribution in [0.5, 0.6) is 0 Å². The lowest BCUT2D eigenvalue weighted by molar-refractivity contribution is -0.116. The minimum atomic E-state index is -0.198. The molecule has 0 spiro atoms. The SMILES string of the molecule is CC[C@H](C)NC(=O)c1ccccc1NC(=O)CCc1ccc(Cl)cc1Cl. The Labute approximate surface area is 163 Å². The van der Waals surface area contributed by atoms with Gasteiger partial charge in [-0.05, 0) is 49.6 Å². The van der Waals surface area contributed by atoms with Crippen molar-refractivity contribution in [3.63, 3.8) is 0 Å². The summed E-state index contributed by atoms with van der Waals surface area (Å²) in [5.41, 5.74) is 1.81. The fourth-order valence-corrected chi connectivity index (χ4v) is 2.88. The molecule has 0 aromatic heterocycles. The Kier molecular flexibility index (Phi) is 7.49. The van der Waals surface area contributed by atoms with Crippen LogP contribution < -0.4 is 10.6 Å². The van der Waals surface area contributed by atoms with E-state index in [4.69, 9.17) is 23.2 Å². The standard InChI is InChI=1S/C20H22Cl2N2O2/c1-3-13(2)23-20(26)16-6-4-5-7-18(16)24-19(25)11-9-14-8-10-15(21)12-17(14)22/h4-8,10,12-13H,3,9,11H2,1-2H3,(H,23,26)(H,24,25)/t13-/m0/s1. The molecule has 2 rings (SSSR count). The van der Waals surface area contributed by atoms with Gasteiger partial charge >= 0.3 is 0 Å². The summed E-state index contributed by atoms with van der Waals surface area (Å²) in [5, 5.41) is 6.82. The second-order valence-corrected chi connectivity index (χ2v) is 6.96. The highest BCUT2D eigenvalue weighted by Gasteiger charge is 2.14. The van der Waals surface area contributed by atoms with Crippen molar-refractivity contribution in [1.82, 2.24) is 5.32 Å². The van der Waals surface area contributed by atoms with E-state index >= 15 is 0 Å². The normalized spacial score (nSPS) is 11.7. The van der Waals surface area contributed by atoms with Crippen LogP contribution in [0, 0.1) is 0 Å². The molecule has 0 radical (unpaired) electrons. The second kappa shape index (κ2) is 9.60. The van der Waals surface area contributed by atoms with Crippen LogP contribution in [0.15, 0.2) is 42.5 Å². The van der Waals surface area contributed by atoms with Crippen LogP contribution >= 0.6 is 23.2 Å². The third-order valence-electron chi connectivity index (χ3n) is 4.07. The maximum atomic E-state index is 12.4. The molecule has 2 aromatic carbocycles. The molecule has 4 nitrogen and oxygen atoms in total. The number of carbonyl (C=O) groups excluding carboxylic acids is 2. The van der Waals surface area contributed by atoms with Crippen molar-refractivity contribution in [3.8, 4) is 0 Å². The Bertz CT molecular complexity index is 793. The maximum absolute atomic E-state index is 12.4. The highest BCUT2D eigenvalue weighted by Crippen LogP contribution is 2.22. The van der Waals surface area contributed by atoms with Gasteiger partial charge in [0.15, 0.2) is 0 Å². The number of halogens is 2. The molecular weight excluding hydrogens is 371 g/mol. The summed E-state index contributed by atoms with van der Waals surface area (Å²) in [5.74, 6) is -0.379. The van der Waals surface area contributed by atoms with Gasteiger partial charge in [-0.3, -0.25) is 9.59 Å². The van der Waals surface area contributed by atoms with Gasteiger partial charge in [-0.15, -0.1) is 0 Å². The van der Waals surface area contributed by atoms with Crippen LogP contribution in [-0.2, 0) is 11.2 Å². The third-order valence-corrected chi connectivity index (χ3v) is 4.66. The zero-order valence-electron chi connectivity index (χ0n) is 14.8. The molecule has 0 aliphatic heterocycles. The summed E-state index contributed by atoms with van der Waals surface area (Å²) in [7, 11) is 0.